The Hall–Kier alpha value is -1.75. The van der Waals surface area contributed by atoms with Gasteiger partial charge in [0.2, 0.25) is 0 Å². The summed E-state index contributed by atoms with van der Waals surface area (Å²) in [4.78, 5) is 17.1. The molecular formula is C18H28N2O3. The molecule has 1 aromatic rings. The maximum atomic E-state index is 12.8. The molecule has 1 aliphatic rings. The summed E-state index contributed by atoms with van der Waals surface area (Å²) in [5.74, 6) is 1.29. The molecule has 0 unspecified atom stereocenters. The lowest BCUT2D eigenvalue weighted by Crippen LogP contribution is -2.47. The van der Waals surface area contributed by atoms with E-state index in [4.69, 9.17) is 9.47 Å². The molecule has 128 valence electrons. The molecule has 2 rings (SSSR count). The lowest BCUT2D eigenvalue weighted by molar-refractivity contribution is 0.0614. The third kappa shape index (κ3) is 4.16. The van der Waals surface area contributed by atoms with Crippen molar-refractivity contribution in [3.63, 3.8) is 0 Å². The monoisotopic (exact) mass is 320 g/mol. The Balaban J connectivity index is 2.08. The molecule has 1 heterocycles. The average Bonchev–Trinajstić information content (AvgIpc) is 2.59. The van der Waals surface area contributed by atoms with Crippen LogP contribution in [-0.2, 0) is 0 Å². The molecular weight excluding hydrogens is 292 g/mol. The van der Waals surface area contributed by atoms with Crippen molar-refractivity contribution >= 4 is 5.91 Å². The van der Waals surface area contributed by atoms with Gasteiger partial charge < -0.3 is 19.3 Å². The van der Waals surface area contributed by atoms with Gasteiger partial charge in [0.15, 0.2) is 0 Å². The van der Waals surface area contributed by atoms with Gasteiger partial charge >= 0.3 is 0 Å². The molecule has 5 nitrogen and oxygen atoms in total. The summed E-state index contributed by atoms with van der Waals surface area (Å²) >= 11 is 0. The molecule has 0 radical (unpaired) electrons. The van der Waals surface area contributed by atoms with Crippen molar-refractivity contribution in [1.29, 1.82) is 0 Å². The van der Waals surface area contributed by atoms with Crippen LogP contribution in [0.1, 0.15) is 37.0 Å². The topological polar surface area (TPSA) is 42.0 Å². The van der Waals surface area contributed by atoms with Crippen LogP contribution in [0, 0.1) is 0 Å². The van der Waals surface area contributed by atoms with Crippen molar-refractivity contribution in [1.82, 2.24) is 9.80 Å². The highest BCUT2D eigenvalue weighted by Crippen LogP contribution is 2.25. The molecule has 0 saturated carbocycles. The first-order chi connectivity index (χ1) is 11.0. The highest BCUT2D eigenvalue weighted by Gasteiger charge is 2.27. The zero-order chi connectivity index (χ0) is 17.0. The second kappa shape index (κ2) is 7.68. The summed E-state index contributed by atoms with van der Waals surface area (Å²) in [5, 5.41) is 0. The molecule has 0 spiro atoms. The van der Waals surface area contributed by atoms with E-state index in [2.05, 4.69) is 18.7 Å². The average molecular weight is 320 g/mol. The van der Waals surface area contributed by atoms with Crippen molar-refractivity contribution < 1.29 is 14.3 Å². The molecule has 0 aliphatic carbocycles. The summed E-state index contributed by atoms with van der Waals surface area (Å²) < 4.78 is 10.5. The van der Waals surface area contributed by atoms with Crippen LogP contribution in [0.4, 0.5) is 0 Å². The number of hydrogen-bond acceptors (Lipinski definition) is 4. The minimum absolute atomic E-state index is 0.0187. The van der Waals surface area contributed by atoms with E-state index in [1.807, 2.05) is 11.9 Å². The molecule has 1 fully saturated rings. The number of carbonyl (C=O) groups excluding carboxylic acids is 1. The van der Waals surface area contributed by atoms with Crippen molar-refractivity contribution in [2.75, 3.05) is 34.4 Å². The minimum atomic E-state index is 0.0187. The normalized spacial score (nSPS) is 16.4. The third-order valence-corrected chi connectivity index (χ3v) is 4.70. The van der Waals surface area contributed by atoms with Gasteiger partial charge in [0.05, 0.1) is 14.2 Å². The fraction of sp³-hybridized carbons (Fsp3) is 0.611. The standard InChI is InChI=1S/C18H28N2O3/c1-13(2)20-8-6-15(7-9-20)19(3)18(21)14-10-16(22-4)12-17(11-14)23-5/h10-13,15H,6-9H2,1-5H3. The molecule has 1 amide bonds. The van der Waals surface area contributed by atoms with Crippen LogP contribution >= 0.6 is 0 Å². The molecule has 1 saturated heterocycles. The van der Waals surface area contributed by atoms with Crippen LogP contribution in [0.15, 0.2) is 18.2 Å². The van der Waals surface area contributed by atoms with E-state index in [1.54, 1.807) is 32.4 Å². The van der Waals surface area contributed by atoms with Gasteiger partial charge in [0.25, 0.3) is 5.91 Å². The number of benzene rings is 1. The van der Waals surface area contributed by atoms with Crippen LogP contribution in [0.25, 0.3) is 0 Å². The summed E-state index contributed by atoms with van der Waals surface area (Å²) in [6, 6.07) is 6.17. The molecule has 0 bridgehead atoms. The Morgan fingerprint density at radius 1 is 1.13 bits per heavy atom. The molecule has 0 aromatic heterocycles. The third-order valence-electron chi connectivity index (χ3n) is 4.70. The fourth-order valence-electron chi connectivity index (χ4n) is 3.09. The van der Waals surface area contributed by atoms with Gasteiger partial charge in [-0.05, 0) is 38.8 Å². The van der Waals surface area contributed by atoms with Gasteiger partial charge in [-0.15, -0.1) is 0 Å². The van der Waals surface area contributed by atoms with E-state index in [1.165, 1.54) is 0 Å². The largest absolute Gasteiger partial charge is 0.497 e. The first-order valence-electron chi connectivity index (χ1n) is 8.20. The number of likely N-dealkylation sites (tertiary alicyclic amines) is 1. The van der Waals surface area contributed by atoms with Crippen molar-refractivity contribution in [3.8, 4) is 11.5 Å². The lowest BCUT2D eigenvalue weighted by Gasteiger charge is -2.38. The quantitative estimate of drug-likeness (QED) is 0.836. The second-order valence-electron chi connectivity index (χ2n) is 6.38. The molecule has 5 heteroatoms. The van der Waals surface area contributed by atoms with Crippen molar-refractivity contribution in [2.24, 2.45) is 0 Å². The van der Waals surface area contributed by atoms with Crippen LogP contribution < -0.4 is 9.47 Å². The van der Waals surface area contributed by atoms with Crippen molar-refractivity contribution in [3.05, 3.63) is 23.8 Å². The number of amides is 1. The Kier molecular flexibility index (Phi) is 5.88. The first-order valence-corrected chi connectivity index (χ1v) is 8.20. The number of hydrogen-bond donors (Lipinski definition) is 0. The highest BCUT2D eigenvalue weighted by atomic mass is 16.5. The number of carbonyl (C=O) groups is 1. The fourth-order valence-corrected chi connectivity index (χ4v) is 3.09. The zero-order valence-electron chi connectivity index (χ0n) is 14.8. The van der Waals surface area contributed by atoms with Gasteiger partial charge in [0, 0.05) is 43.9 Å². The zero-order valence-corrected chi connectivity index (χ0v) is 14.8. The van der Waals surface area contributed by atoms with E-state index in [0.29, 0.717) is 23.1 Å². The molecule has 1 aromatic carbocycles. The maximum Gasteiger partial charge on any atom is 0.254 e. The summed E-state index contributed by atoms with van der Waals surface area (Å²) in [6.45, 7) is 6.53. The van der Waals surface area contributed by atoms with E-state index < -0.39 is 0 Å². The van der Waals surface area contributed by atoms with Crippen LogP contribution in [0.2, 0.25) is 0 Å². The molecule has 0 atom stereocenters. The Morgan fingerprint density at radius 3 is 2.09 bits per heavy atom. The number of ether oxygens (including phenoxy) is 2. The predicted molar refractivity (Wildman–Crippen MR) is 91.4 cm³/mol. The van der Waals surface area contributed by atoms with E-state index in [0.717, 1.165) is 25.9 Å². The summed E-state index contributed by atoms with van der Waals surface area (Å²) in [5.41, 5.74) is 0.606. The van der Waals surface area contributed by atoms with Crippen LogP contribution in [0.3, 0.4) is 0 Å². The highest BCUT2D eigenvalue weighted by molar-refractivity contribution is 5.95. The van der Waals surface area contributed by atoms with Gasteiger partial charge in [-0.3, -0.25) is 4.79 Å². The van der Waals surface area contributed by atoms with Gasteiger partial charge in [-0.2, -0.15) is 0 Å². The number of rotatable bonds is 5. The predicted octanol–water partition coefficient (Wildman–Crippen LogP) is 2.65. The Morgan fingerprint density at radius 2 is 1.65 bits per heavy atom. The van der Waals surface area contributed by atoms with Gasteiger partial charge in [-0.25, -0.2) is 0 Å². The van der Waals surface area contributed by atoms with Crippen LogP contribution in [0.5, 0.6) is 11.5 Å². The number of methoxy groups -OCH3 is 2. The summed E-state index contributed by atoms with van der Waals surface area (Å²) in [7, 11) is 5.08. The van der Waals surface area contributed by atoms with Crippen LogP contribution in [-0.4, -0.2) is 62.1 Å². The lowest BCUT2D eigenvalue weighted by atomic mass is 10.0. The molecule has 23 heavy (non-hydrogen) atoms. The maximum absolute atomic E-state index is 12.8. The Labute approximate surface area is 139 Å². The molecule has 0 N–H and O–H groups in total. The Bertz CT molecular complexity index is 515. The van der Waals surface area contributed by atoms with E-state index in [-0.39, 0.29) is 11.9 Å². The smallest absolute Gasteiger partial charge is 0.254 e. The van der Waals surface area contributed by atoms with Gasteiger partial charge in [-0.1, -0.05) is 0 Å². The van der Waals surface area contributed by atoms with E-state index >= 15 is 0 Å². The SMILES string of the molecule is COc1cc(OC)cc(C(=O)N(C)C2CCN(C(C)C)CC2)c1. The number of piperidine rings is 1. The summed E-state index contributed by atoms with van der Waals surface area (Å²) in [6.07, 6.45) is 2.03. The van der Waals surface area contributed by atoms with Crippen molar-refractivity contribution in [2.45, 2.75) is 38.8 Å². The molecule has 1 aliphatic heterocycles. The minimum Gasteiger partial charge on any atom is -0.497 e. The first kappa shape index (κ1) is 17.6. The number of nitrogens with zero attached hydrogens (tertiary/aromatic N) is 2. The van der Waals surface area contributed by atoms with Gasteiger partial charge in [0.1, 0.15) is 11.5 Å². The van der Waals surface area contributed by atoms with E-state index in [9.17, 15) is 4.79 Å². The second-order valence-corrected chi connectivity index (χ2v) is 6.38.